The summed E-state index contributed by atoms with van der Waals surface area (Å²) in [5, 5.41) is 31.6. The number of aliphatic hydroxyl groups excluding tert-OH is 2. The van der Waals surface area contributed by atoms with Crippen molar-refractivity contribution < 1.29 is 34.0 Å². The van der Waals surface area contributed by atoms with Gasteiger partial charge in [-0.3, -0.25) is 14.5 Å². The van der Waals surface area contributed by atoms with Crippen LogP contribution in [0.2, 0.25) is 0 Å². The number of hydrogen-bond acceptors (Lipinski definition) is 15. The predicted molar refractivity (Wildman–Crippen MR) is 258 cm³/mol. The number of imidazole rings is 1. The zero-order valence-corrected chi connectivity index (χ0v) is 40.2. The Morgan fingerprint density at radius 2 is 1.60 bits per heavy atom. The van der Waals surface area contributed by atoms with Crippen LogP contribution in [0.4, 0.5) is 11.6 Å². The zero-order valence-electron chi connectivity index (χ0n) is 39.4. The molecule has 0 saturated carbocycles. The van der Waals surface area contributed by atoms with E-state index in [0.717, 1.165) is 44.1 Å². The van der Waals surface area contributed by atoms with Gasteiger partial charge >= 0.3 is 0 Å². The Morgan fingerprint density at radius 3 is 2.30 bits per heavy atom. The molecule has 5 heterocycles. The van der Waals surface area contributed by atoms with Crippen LogP contribution < -0.4 is 20.7 Å². The summed E-state index contributed by atoms with van der Waals surface area (Å²) in [6, 6.07) is 17.6. The number of aromatic nitrogens is 6. The maximum Gasteiger partial charge on any atom is 0.246 e. The van der Waals surface area contributed by atoms with E-state index < -0.39 is 35.7 Å². The number of thiazole rings is 1. The van der Waals surface area contributed by atoms with E-state index >= 15 is 0 Å². The summed E-state index contributed by atoms with van der Waals surface area (Å²) in [5.74, 6) is 2.69. The molecule has 5 N–H and O–H groups in total. The van der Waals surface area contributed by atoms with E-state index in [1.165, 1.54) is 0 Å². The summed E-state index contributed by atoms with van der Waals surface area (Å²) in [4.78, 5) is 52.1. The van der Waals surface area contributed by atoms with Gasteiger partial charge in [0.05, 0.1) is 71.8 Å². The maximum absolute atomic E-state index is 13.7. The lowest BCUT2D eigenvalue weighted by Gasteiger charge is -2.40. The number of β-amino-alcohol motifs (C(OH)–C–C–N with tert-alkyl or cyclic N) is 1. The van der Waals surface area contributed by atoms with Crippen LogP contribution in [0, 0.1) is 19.3 Å². The lowest BCUT2D eigenvalue weighted by atomic mass is 9.85. The number of nitrogens with zero attached hydrogens (tertiary/aromatic N) is 7. The largest absolute Gasteiger partial charge is 0.491 e. The third-order valence-corrected chi connectivity index (χ3v) is 12.7. The number of anilines is 2. The highest BCUT2D eigenvalue weighted by molar-refractivity contribution is 7.13. The van der Waals surface area contributed by atoms with Gasteiger partial charge in [0.25, 0.3) is 0 Å². The standard InChI is InChI=1S/C49H62N10O7S/c1-29(2)59-32(5)54-38-25-51-42(24-39(38)59)55-41-17-18-50-46(56-41)35-13-15-37(16-14-35)66-22-21-64-19-20-65-27-43(61)57-45(49(6,7)8)48(63)58-26-36(60)23-40(58)47(62)53-30(3)33-9-11-34(12-10-33)44-31(4)52-28-67-44/h9-18,24-25,28-30,36,40,45,48,60,63H,19-23,26-27H2,1-8H3,(H,53,62)(H,57,61)(H,50,51,55,56)/t30-,36-,40+,45+,48?/m0/s1. The number of nitrogens with one attached hydrogen (secondary N) is 3. The Bertz CT molecular complexity index is 2600. The van der Waals surface area contributed by atoms with Crippen molar-refractivity contribution in [2.24, 2.45) is 5.41 Å². The summed E-state index contributed by atoms with van der Waals surface area (Å²) < 4.78 is 19.3. The SMILES string of the molecule is Cc1ncsc1-c1ccc([C@H](C)NC(=O)[C@H]2C[C@H](O)CN2C(O)[C@@H](NC(=O)COCCOCCOc2ccc(-c3nccc(Nc4cc5c(cn4)nc(C)n5C(C)C)n3)cc2)C(C)(C)C)cc1. The van der Waals surface area contributed by atoms with Crippen LogP contribution in [0.15, 0.2) is 78.6 Å². The van der Waals surface area contributed by atoms with E-state index in [2.05, 4.69) is 54.3 Å². The highest BCUT2D eigenvalue weighted by Gasteiger charge is 2.45. The number of ether oxygens (including phenoxy) is 3. The first-order valence-corrected chi connectivity index (χ1v) is 23.5. The first-order valence-electron chi connectivity index (χ1n) is 22.6. The molecule has 0 aliphatic carbocycles. The van der Waals surface area contributed by atoms with Crippen molar-refractivity contribution in [2.45, 2.75) is 98.3 Å². The van der Waals surface area contributed by atoms with Gasteiger partial charge in [-0.1, -0.05) is 45.0 Å². The Kier molecular flexibility index (Phi) is 16.0. The molecule has 1 unspecified atom stereocenters. The average molecular weight is 935 g/mol. The number of amides is 2. The number of pyridine rings is 1. The Hall–Kier alpha value is -5.89. The van der Waals surface area contributed by atoms with Crippen LogP contribution in [-0.2, 0) is 19.1 Å². The highest BCUT2D eigenvalue weighted by Crippen LogP contribution is 2.31. The number of carbonyl (C=O) groups excluding carboxylic acids is 2. The Balaban J connectivity index is 0.815. The summed E-state index contributed by atoms with van der Waals surface area (Å²) in [7, 11) is 0. The number of hydrogen-bond donors (Lipinski definition) is 5. The second-order valence-corrected chi connectivity index (χ2v) is 19.0. The van der Waals surface area contributed by atoms with Crippen LogP contribution in [0.25, 0.3) is 32.9 Å². The molecule has 356 valence electrons. The van der Waals surface area contributed by atoms with Crippen LogP contribution >= 0.6 is 11.3 Å². The van der Waals surface area contributed by atoms with Gasteiger partial charge in [0, 0.05) is 30.4 Å². The summed E-state index contributed by atoms with van der Waals surface area (Å²) in [5.41, 5.74) is 6.83. The van der Waals surface area contributed by atoms with Crippen molar-refractivity contribution >= 4 is 45.8 Å². The van der Waals surface area contributed by atoms with Crippen LogP contribution in [0.5, 0.6) is 5.75 Å². The average Bonchev–Trinajstić information content (AvgIpc) is 4.01. The fraction of sp³-hybridized carbons (Fsp3) is 0.449. The summed E-state index contributed by atoms with van der Waals surface area (Å²) in [6.07, 6.45) is 1.54. The Morgan fingerprint density at radius 1 is 0.881 bits per heavy atom. The van der Waals surface area contributed by atoms with Crippen LogP contribution in [-0.4, -0.2) is 120 Å². The van der Waals surface area contributed by atoms with Gasteiger partial charge in [-0.2, -0.15) is 0 Å². The third kappa shape index (κ3) is 12.4. The molecule has 67 heavy (non-hydrogen) atoms. The molecule has 1 aliphatic rings. The van der Waals surface area contributed by atoms with E-state index in [9.17, 15) is 19.8 Å². The van der Waals surface area contributed by atoms with Crippen LogP contribution in [0.3, 0.4) is 0 Å². The first kappa shape index (κ1) is 49.0. The van der Waals surface area contributed by atoms with Gasteiger partial charge in [0.15, 0.2) is 5.82 Å². The van der Waals surface area contributed by atoms with E-state index in [1.807, 2.05) is 102 Å². The monoisotopic (exact) mass is 934 g/mol. The highest BCUT2D eigenvalue weighted by atomic mass is 32.1. The molecule has 6 aromatic rings. The molecule has 17 nitrogen and oxygen atoms in total. The predicted octanol–water partition coefficient (Wildman–Crippen LogP) is 6.53. The molecule has 18 heteroatoms. The number of rotatable bonds is 20. The van der Waals surface area contributed by atoms with Crippen molar-refractivity contribution in [3.8, 4) is 27.6 Å². The van der Waals surface area contributed by atoms with Gasteiger partial charge in [-0.05, 0) is 87.9 Å². The fourth-order valence-corrected chi connectivity index (χ4v) is 9.08. The van der Waals surface area contributed by atoms with Crippen molar-refractivity contribution in [2.75, 3.05) is 44.9 Å². The van der Waals surface area contributed by atoms with Crippen molar-refractivity contribution in [1.29, 1.82) is 0 Å². The molecule has 0 spiro atoms. The molecule has 7 rings (SSSR count). The van der Waals surface area contributed by atoms with E-state index in [0.29, 0.717) is 36.4 Å². The lowest BCUT2D eigenvalue weighted by Crippen LogP contribution is -2.60. The van der Waals surface area contributed by atoms with E-state index in [-0.39, 0.29) is 50.8 Å². The number of carbonyl (C=O) groups is 2. The number of aliphatic hydroxyl groups is 2. The quantitative estimate of drug-likeness (QED) is 0.0516. The van der Waals surface area contributed by atoms with Crippen molar-refractivity contribution in [1.82, 2.24) is 45.0 Å². The molecule has 4 aromatic heterocycles. The summed E-state index contributed by atoms with van der Waals surface area (Å²) >= 11 is 1.58. The Labute approximate surface area is 395 Å². The number of aryl methyl sites for hydroxylation is 2. The molecule has 0 radical (unpaired) electrons. The van der Waals surface area contributed by atoms with Gasteiger partial charge in [-0.15, -0.1) is 11.3 Å². The molecular weight excluding hydrogens is 873 g/mol. The molecule has 2 aromatic carbocycles. The third-order valence-electron chi connectivity index (χ3n) is 11.7. The minimum Gasteiger partial charge on any atom is -0.491 e. The summed E-state index contributed by atoms with van der Waals surface area (Å²) in [6.45, 7) is 16.6. The molecule has 5 atom stereocenters. The van der Waals surface area contributed by atoms with Gasteiger partial charge in [0.1, 0.15) is 48.2 Å². The molecule has 2 amide bonds. The molecule has 0 bridgehead atoms. The second kappa shape index (κ2) is 21.8. The van der Waals surface area contributed by atoms with Gasteiger partial charge < -0.3 is 44.9 Å². The number of likely N-dealkylation sites (tertiary alicyclic amines) is 1. The number of fused-ring (bicyclic) bond motifs is 1. The molecular formula is C49H62N10O7S. The van der Waals surface area contributed by atoms with Crippen LogP contribution in [0.1, 0.15) is 77.1 Å². The minimum absolute atomic E-state index is 0.0767. The maximum atomic E-state index is 13.7. The molecule has 1 aliphatic heterocycles. The molecule has 1 fully saturated rings. The van der Waals surface area contributed by atoms with Gasteiger partial charge in [0.2, 0.25) is 11.8 Å². The number of benzene rings is 2. The normalized spacial score (nSPS) is 16.8. The topological polar surface area (TPSA) is 211 Å². The lowest BCUT2D eigenvalue weighted by molar-refractivity contribution is -0.137. The smallest absolute Gasteiger partial charge is 0.246 e. The molecule has 1 saturated heterocycles. The zero-order chi connectivity index (χ0) is 47.8. The van der Waals surface area contributed by atoms with Gasteiger partial charge in [-0.25, -0.2) is 24.9 Å². The first-order chi connectivity index (χ1) is 32.0. The van der Waals surface area contributed by atoms with Crippen molar-refractivity contribution in [3.05, 3.63) is 95.6 Å². The second-order valence-electron chi connectivity index (χ2n) is 18.2. The van der Waals surface area contributed by atoms with Crippen molar-refractivity contribution in [3.63, 3.8) is 0 Å². The van der Waals surface area contributed by atoms with E-state index in [4.69, 9.17) is 19.2 Å². The van der Waals surface area contributed by atoms with E-state index in [1.54, 1.807) is 34.7 Å². The minimum atomic E-state index is -1.26. The fourth-order valence-electron chi connectivity index (χ4n) is 8.27.